The quantitative estimate of drug-likeness (QED) is 0.889. The molecule has 0 saturated heterocycles. The molecule has 2 bridgehead atoms. The van der Waals surface area contributed by atoms with E-state index in [4.69, 9.17) is 9.15 Å². The first kappa shape index (κ1) is 15.1. The Kier molecular flexibility index (Phi) is 3.69. The Morgan fingerprint density at radius 2 is 2.14 bits per heavy atom. The Morgan fingerprint density at radius 1 is 1.38 bits per heavy atom. The molecule has 0 aliphatic heterocycles. The number of hydrogen-bond donors (Lipinski definition) is 1. The summed E-state index contributed by atoms with van der Waals surface area (Å²) >= 11 is 0. The normalized spacial score (nSPS) is 33.8. The minimum Gasteiger partial charge on any atom is -0.464 e. The van der Waals surface area contributed by atoms with Crippen LogP contribution >= 0.6 is 0 Å². The summed E-state index contributed by atoms with van der Waals surface area (Å²) in [6.07, 6.45) is 4.27. The van der Waals surface area contributed by atoms with Crippen LogP contribution in [0.1, 0.15) is 57.1 Å². The van der Waals surface area contributed by atoms with E-state index in [-0.39, 0.29) is 0 Å². The predicted octanol–water partition coefficient (Wildman–Crippen LogP) is 4.04. The van der Waals surface area contributed by atoms with E-state index in [1.165, 1.54) is 24.8 Å². The topological polar surface area (TPSA) is 34.4 Å². The summed E-state index contributed by atoms with van der Waals surface area (Å²) in [7, 11) is 1.96. The third kappa shape index (κ3) is 2.25. The monoisotopic (exact) mass is 291 g/mol. The lowest BCUT2D eigenvalue weighted by atomic mass is 9.70. The molecule has 2 saturated carbocycles. The summed E-state index contributed by atoms with van der Waals surface area (Å²) in [5.74, 6) is 2.79. The van der Waals surface area contributed by atoms with Gasteiger partial charge in [-0.05, 0) is 56.0 Å². The van der Waals surface area contributed by atoms with E-state index in [9.17, 15) is 0 Å². The fraction of sp³-hybridized carbons (Fsp3) is 0.778. The molecule has 1 aromatic heterocycles. The van der Waals surface area contributed by atoms with Crippen molar-refractivity contribution in [2.45, 2.75) is 66.2 Å². The van der Waals surface area contributed by atoms with Gasteiger partial charge in [-0.25, -0.2) is 0 Å². The highest BCUT2D eigenvalue weighted by Crippen LogP contribution is 2.66. The molecule has 2 fully saturated rings. The maximum atomic E-state index is 6.29. The van der Waals surface area contributed by atoms with Gasteiger partial charge in [-0.2, -0.15) is 0 Å². The summed E-state index contributed by atoms with van der Waals surface area (Å²) in [4.78, 5) is 0. The van der Waals surface area contributed by atoms with Gasteiger partial charge in [0.05, 0.1) is 6.10 Å². The van der Waals surface area contributed by atoms with Gasteiger partial charge < -0.3 is 14.5 Å². The second kappa shape index (κ2) is 5.13. The second-order valence-corrected chi connectivity index (χ2v) is 7.73. The average molecular weight is 291 g/mol. The fourth-order valence-corrected chi connectivity index (χ4v) is 4.59. The summed E-state index contributed by atoms with van der Waals surface area (Å²) in [5, 5.41) is 3.17. The summed E-state index contributed by atoms with van der Waals surface area (Å²) in [5.41, 5.74) is 1.97. The Balaban J connectivity index is 1.65. The van der Waals surface area contributed by atoms with Crippen LogP contribution in [0.15, 0.2) is 10.5 Å². The lowest BCUT2D eigenvalue weighted by Gasteiger charge is -2.38. The molecule has 118 valence electrons. The summed E-state index contributed by atoms with van der Waals surface area (Å²) in [6.45, 7) is 10.8. The largest absolute Gasteiger partial charge is 0.464 e. The first-order valence-electron chi connectivity index (χ1n) is 8.23. The van der Waals surface area contributed by atoms with Crippen molar-refractivity contribution in [1.29, 1.82) is 0 Å². The zero-order valence-electron chi connectivity index (χ0n) is 14.1. The van der Waals surface area contributed by atoms with Crippen molar-refractivity contribution in [1.82, 2.24) is 5.32 Å². The third-order valence-corrected chi connectivity index (χ3v) is 6.58. The molecule has 21 heavy (non-hydrogen) atoms. The molecule has 3 rings (SSSR count). The molecule has 3 unspecified atom stereocenters. The van der Waals surface area contributed by atoms with Crippen molar-refractivity contribution in [3.63, 3.8) is 0 Å². The Hall–Kier alpha value is -0.800. The second-order valence-electron chi connectivity index (χ2n) is 7.73. The molecule has 3 nitrogen and oxygen atoms in total. The number of hydrogen-bond acceptors (Lipinski definition) is 3. The smallest absolute Gasteiger partial charge is 0.130 e. The van der Waals surface area contributed by atoms with Gasteiger partial charge in [0.1, 0.15) is 18.1 Å². The molecule has 3 heteroatoms. The van der Waals surface area contributed by atoms with Gasteiger partial charge in [-0.1, -0.05) is 20.8 Å². The van der Waals surface area contributed by atoms with E-state index in [1.807, 2.05) is 14.0 Å². The zero-order valence-corrected chi connectivity index (χ0v) is 14.1. The predicted molar refractivity (Wildman–Crippen MR) is 84.0 cm³/mol. The molecule has 0 spiro atoms. The van der Waals surface area contributed by atoms with Crippen LogP contribution in [-0.2, 0) is 17.9 Å². The lowest BCUT2D eigenvalue weighted by molar-refractivity contribution is -0.0598. The van der Waals surface area contributed by atoms with Crippen molar-refractivity contribution in [2.24, 2.45) is 16.7 Å². The highest BCUT2D eigenvalue weighted by molar-refractivity contribution is 5.20. The van der Waals surface area contributed by atoms with Crippen LogP contribution in [0.5, 0.6) is 0 Å². The highest BCUT2D eigenvalue weighted by atomic mass is 16.5. The molecular formula is C18H29NO2. The number of ether oxygens (including phenoxy) is 1. The van der Waals surface area contributed by atoms with Crippen molar-refractivity contribution >= 4 is 0 Å². The SMILES string of the molecule is CNCc1cc(COC2CC3CCC2(C)C3(C)C)oc1C. The van der Waals surface area contributed by atoms with Crippen molar-refractivity contribution in [3.8, 4) is 0 Å². The molecule has 1 N–H and O–H groups in total. The van der Waals surface area contributed by atoms with Gasteiger partial charge in [-0.15, -0.1) is 0 Å². The summed E-state index contributed by atoms with van der Waals surface area (Å²) in [6, 6.07) is 2.13. The molecular weight excluding hydrogens is 262 g/mol. The third-order valence-electron chi connectivity index (χ3n) is 6.58. The van der Waals surface area contributed by atoms with Gasteiger partial charge in [0.15, 0.2) is 0 Å². The van der Waals surface area contributed by atoms with Gasteiger partial charge in [0.2, 0.25) is 0 Å². The highest BCUT2D eigenvalue weighted by Gasteiger charge is 2.61. The maximum Gasteiger partial charge on any atom is 0.130 e. The van der Waals surface area contributed by atoms with E-state index in [0.717, 1.165) is 24.0 Å². The summed E-state index contributed by atoms with van der Waals surface area (Å²) < 4.78 is 12.1. The number of aryl methyl sites for hydroxylation is 1. The minimum atomic E-state index is 0.326. The maximum absolute atomic E-state index is 6.29. The van der Waals surface area contributed by atoms with Gasteiger partial charge in [0, 0.05) is 12.1 Å². The Morgan fingerprint density at radius 3 is 2.71 bits per heavy atom. The molecule has 2 aliphatic carbocycles. The number of furan rings is 1. The van der Waals surface area contributed by atoms with Gasteiger partial charge in [-0.3, -0.25) is 0 Å². The molecule has 0 amide bonds. The van der Waals surface area contributed by atoms with Gasteiger partial charge in [0.25, 0.3) is 0 Å². The van der Waals surface area contributed by atoms with Crippen molar-refractivity contribution in [2.75, 3.05) is 7.05 Å². The van der Waals surface area contributed by atoms with E-state index in [2.05, 4.69) is 32.2 Å². The standard InChI is InChI=1S/C18H29NO2/c1-12-13(10-19-5)8-15(21-12)11-20-16-9-14-6-7-18(16,4)17(14,2)3/h8,14,16,19H,6-7,9-11H2,1-5H3. The van der Waals surface area contributed by atoms with E-state index >= 15 is 0 Å². The van der Waals surface area contributed by atoms with Crippen LogP contribution in [0, 0.1) is 23.7 Å². The van der Waals surface area contributed by atoms with Gasteiger partial charge >= 0.3 is 0 Å². The lowest BCUT2D eigenvalue weighted by Crippen LogP contribution is -2.37. The Labute approximate surface area is 128 Å². The van der Waals surface area contributed by atoms with Crippen LogP contribution in [0.4, 0.5) is 0 Å². The molecule has 1 heterocycles. The number of rotatable bonds is 5. The van der Waals surface area contributed by atoms with Crippen LogP contribution in [-0.4, -0.2) is 13.2 Å². The van der Waals surface area contributed by atoms with Crippen molar-refractivity contribution in [3.05, 3.63) is 23.2 Å². The number of nitrogens with one attached hydrogen (secondary N) is 1. The molecule has 0 radical (unpaired) electrons. The molecule has 2 aliphatic rings. The molecule has 3 atom stereocenters. The van der Waals surface area contributed by atoms with Crippen LogP contribution in [0.2, 0.25) is 0 Å². The molecule has 0 aromatic carbocycles. The van der Waals surface area contributed by atoms with E-state index in [0.29, 0.717) is 23.5 Å². The molecule has 1 aromatic rings. The average Bonchev–Trinajstić information content (AvgIpc) is 2.94. The van der Waals surface area contributed by atoms with E-state index in [1.54, 1.807) is 0 Å². The van der Waals surface area contributed by atoms with Crippen molar-refractivity contribution < 1.29 is 9.15 Å². The van der Waals surface area contributed by atoms with Crippen LogP contribution in [0.25, 0.3) is 0 Å². The number of fused-ring (bicyclic) bond motifs is 2. The zero-order chi connectivity index (χ0) is 15.3. The van der Waals surface area contributed by atoms with Crippen LogP contribution < -0.4 is 5.32 Å². The van der Waals surface area contributed by atoms with E-state index < -0.39 is 0 Å². The fourth-order valence-electron chi connectivity index (χ4n) is 4.59. The van der Waals surface area contributed by atoms with Crippen LogP contribution in [0.3, 0.4) is 0 Å². The first-order chi connectivity index (χ1) is 9.88. The Bertz CT molecular complexity index is 519. The minimum absolute atomic E-state index is 0.326. The first-order valence-corrected chi connectivity index (χ1v) is 8.23.